The third kappa shape index (κ3) is 23.9. The smallest absolute Gasteiger partial charge is 0.201 e. The van der Waals surface area contributed by atoms with Gasteiger partial charge in [-0.2, -0.15) is 0 Å². The molecule has 4 heterocycles. The normalized spacial score (nSPS) is 16.3. The average Bonchev–Trinajstić information content (AvgIpc) is 0.742. The predicted molar refractivity (Wildman–Crippen MR) is 413 cm³/mol. The molecule has 4 aromatic heterocycles. The fourth-order valence-corrected chi connectivity index (χ4v) is 11.6. The number of hydrogen-bond acceptors (Lipinski definition) is 0. The second-order valence-corrected chi connectivity index (χ2v) is 33.1. The van der Waals surface area contributed by atoms with Crippen molar-refractivity contribution in [2.24, 2.45) is 60.7 Å². The van der Waals surface area contributed by atoms with Gasteiger partial charge in [-0.05, 0) is 250 Å². The van der Waals surface area contributed by atoms with E-state index in [0.717, 1.165) is 74.3 Å². The second kappa shape index (κ2) is 31.3. The summed E-state index contributed by atoms with van der Waals surface area (Å²) in [6, 6.07) is 26.7. The monoisotopic (exact) mass is 1300 g/mol. The van der Waals surface area contributed by atoms with Crippen LogP contribution in [0.3, 0.4) is 0 Å². The quantitative estimate of drug-likeness (QED) is 0.115. The maximum atomic E-state index is 8.96. The minimum atomic E-state index is -2.44. The molecule has 0 saturated carbocycles. The molecule has 0 unspecified atom stereocenters. The molecule has 0 atom stereocenters. The lowest BCUT2D eigenvalue weighted by atomic mass is 9.81. The molecule has 0 spiro atoms. The Bertz CT molecular complexity index is 4810. The fraction of sp³-hybridized carbons (Fsp3) is 0.516. The largest absolute Gasteiger partial charge is 0.212 e. The Hall–Kier alpha value is -6.52. The van der Waals surface area contributed by atoms with E-state index >= 15 is 0 Å². The van der Waals surface area contributed by atoms with Crippen molar-refractivity contribution in [1.82, 2.24) is 0 Å². The number of hydrogen-bond donors (Lipinski definition) is 0. The zero-order valence-electron chi connectivity index (χ0n) is 83.6. The van der Waals surface area contributed by atoms with E-state index in [0.29, 0.717) is 38.9 Å². The van der Waals surface area contributed by atoms with Crippen molar-refractivity contribution in [3.63, 3.8) is 0 Å². The molecule has 4 nitrogen and oxygen atoms in total. The molecule has 95 heavy (non-hydrogen) atoms. The van der Waals surface area contributed by atoms with Gasteiger partial charge in [-0.15, -0.1) is 0 Å². The van der Waals surface area contributed by atoms with Crippen LogP contribution in [-0.2, 0) is 72.9 Å². The summed E-state index contributed by atoms with van der Waals surface area (Å²) in [5.74, 6) is 0. The van der Waals surface area contributed by atoms with Gasteiger partial charge >= 0.3 is 0 Å². The Labute approximate surface area is 609 Å². The number of pyridine rings is 4. The van der Waals surface area contributed by atoms with Crippen LogP contribution in [0.1, 0.15) is 258 Å². The van der Waals surface area contributed by atoms with Gasteiger partial charge in [-0.1, -0.05) is 174 Å². The van der Waals surface area contributed by atoms with Gasteiger partial charge in [0.25, 0.3) is 0 Å². The van der Waals surface area contributed by atoms with Crippen LogP contribution in [0.25, 0.3) is 45.0 Å². The summed E-state index contributed by atoms with van der Waals surface area (Å²) in [4.78, 5) is 0. The molecule has 4 heteroatoms. The Morgan fingerprint density at radius 3 is 1.07 bits per heavy atom. The van der Waals surface area contributed by atoms with E-state index in [9.17, 15) is 0 Å². The van der Waals surface area contributed by atoms with Crippen LogP contribution in [0.2, 0.25) is 0 Å². The van der Waals surface area contributed by atoms with Crippen LogP contribution in [0.15, 0.2) is 110 Å². The van der Waals surface area contributed by atoms with Gasteiger partial charge in [0.1, 0.15) is 28.2 Å². The summed E-state index contributed by atoms with van der Waals surface area (Å²) >= 11 is 0. The number of aryl methyl sites for hydroxylation is 16. The molecular formula is C91H134N4+4. The number of rotatable bonds is 11. The van der Waals surface area contributed by atoms with Crippen molar-refractivity contribution in [3.8, 4) is 45.0 Å². The van der Waals surface area contributed by atoms with Crippen molar-refractivity contribution in [2.45, 2.75) is 252 Å². The zero-order chi connectivity index (χ0) is 88.5. The van der Waals surface area contributed by atoms with Gasteiger partial charge in [0.05, 0.1) is 0 Å². The fourth-order valence-electron chi connectivity index (χ4n) is 11.6. The molecule has 8 aromatic rings. The second-order valence-electron chi connectivity index (χ2n) is 33.1. The summed E-state index contributed by atoms with van der Waals surface area (Å²) in [5.41, 5.74) is 17.6. The van der Waals surface area contributed by atoms with E-state index in [1.54, 1.807) is 80.2 Å². The van der Waals surface area contributed by atoms with Gasteiger partial charge in [-0.3, -0.25) is 0 Å². The minimum absolute atomic E-state index is 0.0312. The first-order valence-electron chi connectivity index (χ1n) is 43.5. The molecule has 514 valence electrons. The highest BCUT2D eigenvalue weighted by molar-refractivity contribution is 5.66. The molecule has 8 rings (SSSR count). The van der Waals surface area contributed by atoms with E-state index < -0.39 is 79.5 Å². The summed E-state index contributed by atoms with van der Waals surface area (Å²) in [5, 5.41) is 0. The van der Waals surface area contributed by atoms with E-state index in [4.69, 9.17) is 26.0 Å². The standard InChI is InChI=1S/C25H38N.C24H36N.2C21H30N/c1-17-11-19(3)22(13-20(17)14-24(4,5)6)23-12-18(2)21(16-26(23)10)15-25(7,8)9;1-17-10-11-21(18(2)12-17)22-13-19(14-23(3,4)5)20(16-25(22)9)15-24(6,7)8;1-14-9-17(4)19(10-15(14)2)20-11-16(3)18(13-22(20)8)12-21(5,6)7;1-8-17-9-10-19(16(3)11-17)20-12-15(2)18(14-22(20)7)13-21(4,5)6/h11-13,16H,14-15H2,1-10H3;10-13,16H,14-15H2,1-9H3;9-11,13H,12H2,1-8H3;9-12,14H,8,13H2,1-7H3/q4*+1/i2*1D3,14D2,15D2;1D3,12D2;. The maximum absolute atomic E-state index is 8.96. The minimum Gasteiger partial charge on any atom is -0.201 e. The van der Waals surface area contributed by atoms with E-state index in [-0.39, 0.29) is 16.7 Å². The Morgan fingerprint density at radius 1 is 0.295 bits per heavy atom. The summed E-state index contributed by atoms with van der Waals surface area (Å²) < 4.78 is 166. The lowest BCUT2D eigenvalue weighted by Crippen LogP contribution is -2.33. The third-order valence-corrected chi connectivity index (χ3v) is 16.1. The lowest BCUT2D eigenvalue weighted by Gasteiger charge is -2.24. The average molecular weight is 1300 g/mol. The molecule has 4 aromatic carbocycles. The predicted octanol–water partition coefficient (Wildman–Crippen LogP) is 22.2. The number of aromatic nitrogens is 4. The number of benzene rings is 4. The Balaban J connectivity index is 0.000000274. The summed E-state index contributed by atoms with van der Waals surface area (Å²) in [7, 11) is 7.72. The van der Waals surface area contributed by atoms with Crippen LogP contribution in [0.4, 0.5) is 0 Å². The molecule has 0 bridgehead atoms. The first kappa shape index (κ1) is 54.5. The topological polar surface area (TPSA) is 15.5 Å². The summed E-state index contributed by atoms with van der Waals surface area (Å²) in [6.07, 6.45) is 1.38. The van der Waals surface area contributed by atoms with Gasteiger partial charge in [0.15, 0.2) is 24.8 Å². The van der Waals surface area contributed by atoms with Crippen LogP contribution >= 0.6 is 0 Å². The molecular weight excluding hydrogens is 1150 g/mol. The van der Waals surface area contributed by atoms with E-state index in [1.165, 1.54) is 33.5 Å². The zero-order valence-corrected chi connectivity index (χ0v) is 64.6. The van der Waals surface area contributed by atoms with Crippen LogP contribution in [0.5, 0.6) is 0 Å². The van der Waals surface area contributed by atoms with Gasteiger partial charge in [-0.25, -0.2) is 18.3 Å². The molecule has 0 saturated heterocycles. The maximum Gasteiger partial charge on any atom is 0.212 e. The highest BCUT2D eigenvalue weighted by Gasteiger charge is 2.27. The van der Waals surface area contributed by atoms with Crippen molar-refractivity contribution in [2.75, 3.05) is 0 Å². The molecule has 0 fully saturated rings. The molecule has 0 aliphatic heterocycles. The number of nitrogens with zero attached hydrogens (tertiary/aromatic N) is 4. The summed E-state index contributed by atoms with van der Waals surface area (Å²) in [6.45, 7) is 45.5. The highest BCUT2D eigenvalue weighted by atomic mass is 14.9. The molecule has 0 aliphatic rings. The van der Waals surface area contributed by atoms with E-state index in [2.05, 4.69) is 83.6 Å². The SMILES string of the molecule is CCc1ccc(-c2cc(C)c(CC(C)(C)C)c[n+]2C)c(C)c1.[2H]C([2H])([2H])c1cc(C)c(-c2cc(C)c(C([2H])([2H])C(C)(C)C)c[n+]2C)cc1C.[2H]C([2H])([2H])c1cc(C)c(-c2cc(C)c(C([2H])([2H])C(C)(C)C)c[n+]2C)cc1C([2H])([2H])C(C)(C)C.[2H]C([2H])([2H])c1ccc(-c2cc(C([2H])([2H])C(C)(C)C)c(C([2H])([2H])C(C)(C)C)c[n+]2C)c(C)c1. The third-order valence-electron chi connectivity index (χ3n) is 16.1. The van der Waals surface area contributed by atoms with Crippen LogP contribution in [-0.4, -0.2) is 0 Å². The Kier molecular flexibility index (Phi) is 18.0. The van der Waals surface area contributed by atoms with Crippen LogP contribution in [0, 0.1) is 108 Å². The molecule has 0 aliphatic carbocycles. The van der Waals surface area contributed by atoms with Crippen molar-refractivity contribution in [3.05, 3.63) is 210 Å². The lowest BCUT2D eigenvalue weighted by molar-refractivity contribution is -0.661. The van der Waals surface area contributed by atoms with Crippen molar-refractivity contribution < 1.29 is 44.3 Å². The Morgan fingerprint density at radius 2 is 0.653 bits per heavy atom. The molecule has 0 N–H and O–H groups in total. The van der Waals surface area contributed by atoms with Gasteiger partial charge in [0.2, 0.25) is 22.8 Å². The first-order chi connectivity index (χ1) is 50.9. The van der Waals surface area contributed by atoms with E-state index in [1.807, 2.05) is 179 Å². The highest BCUT2D eigenvalue weighted by Crippen LogP contribution is 2.35. The van der Waals surface area contributed by atoms with Gasteiger partial charge in [0, 0.05) is 94.8 Å². The molecule has 0 radical (unpaired) electrons. The first-order valence-corrected chi connectivity index (χ1v) is 34.0. The van der Waals surface area contributed by atoms with Gasteiger partial charge < -0.3 is 0 Å². The van der Waals surface area contributed by atoms with Crippen molar-refractivity contribution in [1.29, 1.82) is 0 Å². The molecule has 0 amide bonds. The van der Waals surface area contributed by atoms with Crippen molar-refractivity contribution >= 4 is 0 Å². The van der Waals surface area contributed by atoms with Crippen LogP contribution < -0.4 is 18.3 Å².